The number of aryl methyl sites for hydroxylation is 1. The van der Waals surface area contributed by atoms with Crippen LogP contribution >= 0.6 is 11.6 Å². The molecule has 2 rings (SSSR count). The number of amides is 1. The lowest BCUT2D eigenvalue weighted by molar-refractivity contribution is -0.143. The van der Waals surface area contributed by atoms with E-state index in [1.54, 1.807) is 31.2 Å². The summed E-state index contributed by atoms with van der Waals surface area (Å²) in [6.07, 6.45) is 1.83. The van der Waals surface area contributed by atoms with Gasteiger partial charge in [-0.15, -0.1) is 0 Å². The van der Waals surface area contributed by atoms with E-state index < -0.39 is 11.4 Å². The summed E-state index contributed by atoms with van der Waals surface area (Å²) in [6.45, 7) is 1.69. The van der Waals surface area contributed by atoms with Crippen molar-refractivity contribution in [2.45, 2.75) is 31.6 Å². The predicted octanol–water partition coefficient (Wildman–Crippen LogP) is 3.82. The Morgan fingerprint density at radius 1 is 1.08 bits per heavy atom. The summed E-state index contributed by atoms with van der Waals surface area (Å²) in [5.74, 6) is -1.10. The lowest BCUT2D eigenvalue weighted by Crippen LogP contribution is -2.44. The fraction of sp³-hybridized carbons (Fsp3) is 0.300. The number of carbonyl (C=O) groups is 2. The lowest BCUT2D eigenvalue weighted by Gasteiger charge is -2.25. The fourth-order valence-corrected chi connectivity index (χ4v) is 2.70. The van der Waals surface area contributed by atoms with E-state index >= 15 is 0 Å². The molecule has 2 N–H and O–H groups in total. The molecule has 1 atom stereocenters. The lowest BCUT2D eigenvalue weighted by atomic mass is 9.82. The van der Waals surface area contributed by atoms with E-state index in [1.807, 2.05) is 30.3 Å². The van der Waals surface area contributed by atoms with Crippen LogP contribution in [0.2, 0.25) is 5.02 Å². The molecule has 1 unspecified atom stereocenters. The van der Waals surface area contributed by atoms with Gasteiger partial charge in [0, 0.05) is 18.0 Å². The highest BCUT2D eigenvalue weighted by Crippen LogP contribution is 2.23. The van der Waals surface area contributed by atoms with Crippen LogP contribution in [-0.2, 0) is 21.4 Å². The van der Waals surface area contributed by atoms with Crippen LogP contribution in [0.3, 0.4) is 0 Å². The average molecular weight is 360 g/mol. The number of carboxylic acids is 1. The van der Waals surface area contributed by atoms with E-state index in [4.69, 9.17) is 11.6 Å². The van der Waals surface area contributed by atoms with Crippen LogP contribution in [0.25, 0.3) is 0 Å². The van der Waals surface area contributed by atoms with Gasteiger partial charge in [-0.1, -0.05) is 54.1 Å². The number of rotatable bonds is 8. The third-order valence-corrected chi connectivity index (χ3v) is 4.56. The summed E-state index contributed by atoms with van der Waals surface area (Å²) in [7, 11) is 0. The van der Waals surface area contributed by atoms with Gasteiger partial charge < -0.3 is 10.4 Å². The number of nitrogens with one attached hydrogen (secondary N) is 1. The zero-order valence-electron chi connectivity index (χ0n) is 14.2. The summed E-state index contributed by atoms with van der Waals surface area (Å²) in [6, 6.07) is 16.5. The van der Waals surface area contributed by atoms with Gasteiger partial charge in [-0.05, 0) is 43.0 Å². The number of benzene rings is 2. The second-order valence-corrected chi connectivity index (χ2v) is 6.70. The molecule has 4 nitrogen and oxygen atoms in total. The molecule has 1 amide bonds. The summed E-state index contributed by atoms with van der Waals surface area (Å²) in [5.41, 5.74) is 0.647. The molecular weight excluding hydrogens is 338 g/mol. The van der Waals surface area contributed by atoms with Gasteiger partial charge in [0.05, 0.1) is 0 Å². The molecule has 2 aromatic carbocycles. The Morgan fingerprint density at radius 3 is 2.32 bits per heavy atom. The Bertz CT molecular complexity index is 715. The number of aliphatic carboxylic acids is 1. The summed E-state index contributed by atoms with van der Waals surface area (Å²) in [5, 5.41) is 13.0. The first-order chi connectivity index (χ1) is 11.9. The molecule has 0 aromatic heterocycles. The first-order valence-corrected chi connectivity index (χ1v) is 8.60. The SMILES string of the molecule is CC(CNC(=O)CCCc1ccc(Cl)cc1)(C(=O)O)c1ccccc1. The highest BCUT2D eigenvalue weighted by Gasteiger charge is 2.35. The predicted molar refractivity (Wildman–Crippen MR) is 98.8 cm³/mol. The van der Waals surface area contributed by atoms with Crippen LogP contribution in [0.5, 0.6) is 0 Å². The van der Waals surface area contributed by atoms with Crippen molar-refractivity contribution in [3.63, 3.8) is 0 Å². The third kappa shape index (κ3) is 5.33. The molecule has 0 heterocycles. The highest BCUT2D eigenvalue weighted by molar-refractivity contribution is 6.30. The molecule has 0 fully saturated rings. The Balaban J connectivity index is 1.85. The summed E-state index contributed by atoms with van der Waals surface area (Å²) < 4.78 is 0. The van der Waals surface area contributed by atoms with Crippen LogP contribution in [-0.4, -0.2) is 23.5 Å². The van der Waals surface area contributed by atoms with Crippen molar-refractivity contribution < 1.29 is 14.7 Å². The van der Waals surface area contributed by atoms with Gasteiger partial charge in [0.1, 0.15) is 5.41 Å². The average Bonchev–Trinajstić information content (AvgIpc) is 2.62. The van der Waals surface area contributed by atoms with Crippen LogP contribution in [0, 0.1) is 0 Å². The molecule has 0 aliphatic heterocycles. The molecule has 0 aliphatic carbocycles. The van der Waals surface area contributed by atoms with E-state index in [0.29, 0.717) is 23.4 Å². The van der Waals surface area contributed by atoms with Gasteiger partial charge in [-0.3, -0.25) is 9.59 Å². The van der Waals surface area contributed by atoms with Crippen LogP contribution in [0.15, 0.2) is 54.6 Å². The van der Waals surface area contributed by atoms with E-state index in [0.717, 1.165) is 12.0 Å². The Kier molecular flexibility index (Phi) is 6.59. The molecule has 0 radical (unpaired) electrons. The summed E-state index contributed by atoms with van der Waals surface area (Å²) >= 11 is 5.84. The summed E-state index contributed by atoms with van der Waals surface area (Å²) in [4.78, 5) is 23.8. The van der Waals surface area contributed by atoms with E-state index in [2.05, 4.69) is 5.32 Å². The standard InChI is InChI=1S/C20H22ClNO3/c1-20(19(24)25,16-7-3-2-4-8-16)14-22-18(23)9-5-6-15-10-12-17(21)13-11-15/h2-4,7-8,10-13H,5-6,9,14H2,1H3,(H,22,23)(H,24,25). The van der Waals surface area contributed by atoms with Crippen molar-refractivity contribution in [1.82, 2.24) is 5.32 Å². The minimum atomic E-state index is -1.15. The number of hydrogen-bond acceptors (Lipinski definition) is 2. The third-order valence-electron chi connectivity index (χ3n) is 4.30. The first-order valence-electron chi connectivity index (χ1n) is 8.22. The maximum absolute atomic E-state index is 12.1. The molecule has 25 heavy (non-hydrogen) atoms. The fourth-order valence-electron chi connectivity index (χ4n) is 2.58. The second kappa shape index (κ2) is 8.67. The van der Waals surface area contributed by atoms with Gasteiger partial charge in [0.15, 0.2) is 0 Å². The molecule has 2 aromatic rings. The largest absolute Gasteiger partial charge is 0.481 e. The minimum Gasteiger partial charge on any atom is -0.481 e. The zero-order valence-corrected chi connectivity index (χ0v) is 14.9. The Hall–Kier alpha value is -2.33. The Morgan fingerprint density at radius 2 is 1.72 bits per heavy atom. The van der Waals surface area contributed by atoms with Gasteiger partial charge in [-0.2, -0.15) is 0 Å². The number of carboxylic acid groups (broad SMARTS) is 1. The van der Waals surface area contributed by atoms with Crippen molar-refractivity contribution in [1.29, 1.82) is 0 Å². The quantitative estimate of drug-likeness (QED) is 0.753. The van der Waals surface area contributed by atoms with Crippen molar-refractivity contribution in [3.8, 4) is 0 Å². The second-order valence-electron chi connectivity index (χ2n) is 6.26. The molecule has 5 heteroatoms. The Labute approximate surface area is 152 Å². The van der Waals surface area contributed by atoms with Crippen molar-refractivity contribution >= 4 is 23.5 Å². The topological polar surface area (TPSA) is 66.4 Å². The van der Waals surface area contributed by atoms with E-state index in [-0.39, 0.29) is 12.5 Å². The van der Waals surface area contributed by atoms with Gasteiger partial charge >= 0.3 is 5.97 Å². The van der Waals surface area contributed by atoms with Crippen LogP contribution in [0.1, 0.15) is 30.9 Å². The molecule has 0 saturated heterocycles. The van der Waals surface area contributed by atoms with Crippen LogP contribution < -0.4 is 5.32 Å². The number of carbonyl (C=O) groups excluding carboxylic acids is 1. The van der Waals surface area contributed by atoms with Gasteiger partial charge in [0.2, 0.25) is 5.91 Å². The molecule has 132 valence electrons. The molecule has 0 saturated carbocycles. The molecule has 0 bridgehead atoms. The van der Waals surface area contributed by atoms with Crippen molar-refractivity contribution in [3.05, 3.63) is 70.7 Å². The molecule has 0 aliphatic rings. The maximum Gasteiger partial charge on any atom is 0.315 e. The van der Waals surface area contributed by atoms with E-state index in [9.17, 15) is 14.7 Å². The monoisotopic (exact) mass is 359 g/mol. The highest BCUT2D eigenvalue weighted by atomic mass is 35.5. The molecule has 0 spiro atoms. The van der Waals surface area contributed by atoms with Crippen molar-refractivity contribution in [2.75, 3.05) is 6.54 Å². The van der Waals surface area contributed by atoms with Gasteiger partial charge in [0.25, 0.3) is 0 Å². The maximum atomic E-state index is 12.1. The van der Waals surface area contributed by atoms with Gasteiger partial charge in [-0.25, -0.2) is 0 Å². The number of hydrogen-bond donors (Lipinski definition) is 2. The normalized spacial score (nSPS) is 13.0. The molecular formula is C20H22ClNO3. The van der Waals surface area contributed by atoms with Crippen molar-refractivity contribution in [2.24, 2.45) is 0 Å². The first kappa shape index (κ1) is 19.0. The zero-order chi connectivity index (χ0) is 18.3. The van der Waals surface area contributed by atoms with E-state index in [1.165, 1.54) is 0 Å². The van der Waals surface area contributed by atoms with Crippen LogP contribution in [0.4, 0.5) is 0 Å². The smallest absolute Gasteiger partial charge is 0.315 e. The number of halogens is 1. The minimum absolute atomic E-state index is 0.0616.